The Labute approximate surface area is 101 Å². The first kappa shape index (κ1) is 11.0. The summed E-state index contributed by atoms with van der Waals surface area (Å²) in [4.78, 5) is 2.46. The van der Waals surface area contributed by atoms with E-state index >= 15 is 0 Å². The van der Waals surface area contributed by atoms with E-state index < -0.39 is 0 Å². The first-order valence-electron chi connectivity index (χ1n) is 5.59. The van der Waals surface area contributed by atoms with Crippen LogP contribution in [0.3, 0.4) is 0 Å². The van der Waals surface area contributed by atoms with Crippen LogP contribution in [-0.2, 0) is 0 Å². The van der Waals surface area contributed by atoms with E-state index in [0.717, 1.165) is 11.8 Å². The maximum atomic E-state index is 3.53. The van der Waals surface area contributed by atoms with Crippen molar-refractivity contribution in [1.29, 1.82) is 0 Å². The summed E-state index contributed by atoms with van der Waals surface area (Å²) in [5.74, 6) is 1.70. The highest BCUT2D eigenvalue weighted by molar-refractivity contribution is 9.10. The summed E-state index contributed by atoms with van der Waals surface area (Å²) in [6.45, 7) is 9.22. The maximum absolute atomic E-state index is 3.53. The molecule has 1 aromatic rings. The van der Waals surface area contributed by atoms with E-state index in [2.05, 4.69) is 59.8 Å². The molecule has 0 unspecified atom stereocenters. The number of nitrogens with zero attached hydrogens (tertiary/aromatic N) is 1. The maximum Gasteiger partial charge on any atom is 0.0369 e. The summed E-state index contributed by atoms with van der Waals surface area (Å²) in [6.07, 6.45) is 0. The van der Waals surface area contributed by atoms with Gasteiger partial charge in [-0.3, -0.25) is 0 Å². The van der Waals surface area contributed by atoms with Gasteiger partial charge in [0.25, 0.3) is 0 Å². The van der Waals surface area contributed by atoms with Crippen molar-refractivity contribution >= 4 is 21.6 Å². The van der Waals surface area contributed by atoms with Crippen LogP contribution in [0.2, 0.25) is 0 Å². The third kappa shape index (κ3) is 2.20. The minimum atomic E-state index is 0.817. The molecular weight excluding hydrogens is 250 g/mol. The van der Waals surface area contributed by atoms with Gasteiger partial charge in [0.05, 0.1) is 0 Å². The Morgan fingerprint density at radius 2 is 2.00 bits per heavy atom. The van der Waals surface area contributed by atoms with E-state index in [1.165, 1.54) is 28.8 Å². The third-order valence-electron chi connectivity index (χ3n) is 3.36. The van der Waals surface area contributed by atoms with Crippen molar-refractivity contribution in [2.24, 2.45) is 11.8 Å². The molecule has 1 aliphatic rings. The molecule has 2 heteroatoms. The van der Waals surface area contributed by atoms with Crippen LogP contribution >= 0.6 is 15.9 Å². The van der Waals surface area contributed by atoms with Crippen molar-refractivity contribution in [2.45, 2.75) is 20.8 Å². The fraction of sp³-hybridized carbons (Fsp3) is 0.538. The molecule has 1 aliphatic heterocycles. The summed E-state index contributed by atoms with van der Waals surface area (Å²) in [7, 11) is 0. The molecule has 0 radical (unpaired) electrons. The summed E-state index contributed by atoms with van der Waals surface area (Å²) < 4.78 is 1.20. The molecule has 15 heavy (non-hydrogen) atoms. The van der Waals surface area contributed by atoms with Crippen LogP contribution in [0.4, 0.5) is 5.69 Å². The van der Waals surface area contributed by atoms with Crippen molar-refractivity contribution < 1.29 is 0 Å². The Bertz CT molecular complexity index is 354. The number of anilines is 1. The molecule has 1 fully saturated rings. The molecule has 0 atom stereocenters. The summed E-state index contributed by atoms with van der Waals surface area (Å²) in [6, 6.07) is 6.61. The Kier molecular flexibility index (Phi) is 3.06. The topological polar surface area (TPSA) is 3.24 Å². The molecule has 0 saturated carbocycles. The lowest BCUT2D eigenvalue weighted by atomic mass is 9.88. The monoisotopic (exact) mass is 267 g/mol. The van der Waals surface area contributed by atoms with E-state index in [1.54, 1.807) is 0 Å². The van der Waals surface area contributed by atoms with Crippen LogP contribution in [0, 0.1) is 18.8 Å². The van der Waals surface area contributed by atoms with E-state index in [1.807, 2.05) is 0 Å². The van der Waals surface area contributed by atoms with E-state index in [9.17, 15) is 0 Å². The molecule has 0 N–H and O–H groups in total. The lowest BCUT2D eigenvalue weighted by Crippen LogP contribution is -2.49. The number of hydrogen-bond donors (Lipinski definition) is 0. The average molecular weight is 268 g/mol. The van der Waals surface area contributed by atoms with Crippen LogP contribution in [0.5, 0.6) is 0 Å². The van der Waals surface area contributed by atoms with Gasteiger partial charge in [-0.15, -0.1) is 0 Å². The number of aryl methyl sites for hydroxylation is 1. The number of rotatable bonds is 2. The fourth-order valence-corrected chi connectivity index (χ4v) is 2.22. The predicted molar refractivity (Wildman–Crippen MR) is 69.4 cm³/mol. The zero-order chi connectivity index (χ0) is 11.0. The second-order valence-electron chi connectivity index (χ2n) is 4.84. The Morgan fingerprint density at radius 1 is 1.33 bits per heavy atom. The molecule has 1 saturated heterocycles. The Balaban J connectivity index is 2.04. The SMILES string of the molecule is Cc1cc(N2CC(C(C)C)C2)ccc1Br. The lowest BCUT2D eigenvalue weighted by molar-refractivity contribution is 0.310. The Hall–Kier alpha value is -0.500. The molecule has 1 nitrogen and oxygen atoms in total. The molecule has 82 valence electrons. The van der Waals surface area contributed by atoms with Gasteiger partial charge in [-0.1, -0.05) is 29.8 Å². The van der Waals surface area contributed by atoms with Crippen molar-refractivity contribution in [3.8, 4) is 0 Å². The molecule has 2 rings (SSSR count). The largest absolute Gasteiger partial charge is 0.371 e. The average Bonchev–Trinajstić information content (AvgIpc) is 2.08. The first-order chi connectivity index (χ1) is 7.08. The summed E-state index contributed by atoms with van der Waals surface area (Å²) >= 11 is 3.53. The van der Waals surface area contributed by atoms with E-state index in [0.29, 0.717) is 0 Å². The van der Waals surface area contributed by atoms with Crippen LogP contribution in [0.15, 0.2) is 22.7 Å². The highest BCUT2D eigenvalue weighted by atomic mass is 79.9. The van der Waals surface area contributed by atoms with E-state index in [4.69, 9.17) is 0 Å². The van der Waals surface area contributed by atoms with Crippen molar-refractivity contribution in [3.63, 3.8) is 0 Å². The van der Waals surface area contributed by atoms with E-state index in [-0.39, 0.29) is 0 Å². The second kappa shape index (κ2) is 4.17. The van der Waals surface area contributed by atoms with Gasteiger partial charge in [0, 0.05) is 23.2 Å². The fourth-order valence-electron chi connectivity index (χ4n) is 1.97. The minimum absolute atomic E-state index is 0.817. The molecule has 0 amide bonds. The molecule has 0 aliphatic carbocycles. The molecule has 1 heterocycles. The minimum Gasteiger partial charge on any atom is -0.371 e. The van der Waals surface area contributed by atoms with Gasteiger partial charge in [0.2, 0.25) is 0 Å². The smallest absolute Gasteiger partial charge is 0.0369 e. The number of halogens is 1. The molecule has 0 aromatic heterocycles. The van der Waals surface area contributed by atoms with Crippen LogP contribution in [-0.4, -0.2) is 13.1 Å². The predicted octanol–water partition coefficient (Wildman–Crippen LogP) is 3.85. The van der Waals surface area contributed by atoms with Crippen LogP contribution in [0.1, 0.15) is 19.4 Å². The molecule has 1 aromatic carbocycles. The normalized spacial score (nSPS) is 17.0. The highest BCUT2D eigenvalue weighted by Crippen LogP contribution is 2.31. The zero-order valence-electron chi connectivity index (χ0n) is 9.63. The van der Waals surface area contributed by atoms with Gasteiger partial charge in [-0.05, 0) is 42.5 Å². The van der Waals surface area contributed by atoms with Gasteiger partial charge in [0.1, 0.15) is 0 Å². The Morgan fingerprint density at radius 3 is 2.53 bits per heavy atom. The lowest BCUT2D eigenvalue weighted by Gasteiger charge is -2.43. The van der Waals surface area contributed by atoms with Gasteiger partial charge in [-0.25, -0.2) is 0 Å². The third-order valence-corrected chi connectivity index (χ3v) is 4.25. The first-order valence-corrected chi connectivity index (χ1v) is 6.38. The molecule has 0 spiro atoms. The quantitative estimate of drug-likeness (QED) is 0.787. The van der Waals surface area contributed by atoms with Gasteiger partial charge in [0.15, 0.2) is 0 Å². The highest BCUT2D eigenvalue weighted by Gasteiger charge is 2.29. The van der Waals surface area contributed by atoms with Crippen molar-refractivity contribution in [3.05, 3.63) is 28.2 Å². The number of benzene rings is 1. The van der Waals surface area contributed by atoms with Crippen LogP contribution in [0.25, 0.3) is 0 Å². The van der Waals surface area contributed by atoms with Gasteiger partial charge in [-0.2, -0.15) is 0 Å². The summed E-state index contributed by atoms with van der Waals surface area (Å²) in [5.41, 5.74) is 2.69. The van der Waals surface area contributed by atoms with Crippen LogP contribution < -0.4 is 4.90 Å². The molecule has 0 bridgehead atoms. The van der Waals surface area contributed by atoms with Gasteiger partial charge >= 0.3 is 0 Å². The standard InChI is InChI=1S/C13H18BrN/c1-9(2)11-7-15(8-11)12-4-5-13(14)10(3)6-12/h4-6,9,11H,7-8H2,1-3H3. The van der Waals surface area contributed by atoms with Gasteiger partial charge < -0.3 is 4.90 Å². The zero-order valence-corrected chi connectivity index (χ0v) is 11.2. The second-order valence-corrected chi connectivity index (χ2v) is 5.70. The van der Waals surface area contributed by atoms with Crippen molar-refractivity contribution in [2.75, 3.05) is 18.0 Å². The summed E-state index contributed by atoms with van der Waals surface area (Å²) in [5, 5.41) is 0. The number of hydrogen-bond acceptors (Lipinski definition) is 1. The molecular formula is C13H18BrN. The van der Waals surface area contributed by atoms with Crippen molar-refractivity contribution in [1.82, 2.24) is 0 Å².